The van der Waals surface area contributed by atoms with Gasteiger partial charge in [-0.25, -0.2) is 0 Å². The van der Waals surface area contributed by atoms with Gasteiger partial charge in [0.1, 0.15) is 0 Å². The highest BCUT2D eigenvalue weighted by Gasteiger charge is 2.37. The molecule has 0 amide bonds. The van der Waals surface area contributed by atoms with Crippen LogP contribution in [-0.2, 0) is 15.1 Å². The van der Waals surface area contributed by atoms with Crippen LogP contribution in [-0.4, -0.2) is 19.8 Å². The number of hydrogen-bond acceptors (Lipinski definition) is 2. The Morgan fingerprint density at radius 2 is 2.07 bits per heavy atom. The summed E-state index contributed by atoms with van der Waals surface area (Å²) in [6.45, 7) is 2.82. The smallest absolute Gasteiger partial charge is 0.0930 e. The van der Waals surface area contributed by atoms with E-state index in [9.17, 15) is 0 Å². The third-order valence-corrected chi connectivity index (χ3v) is 2.92. The maximum absolute atomic E-state index is 5.81. The van der Waals surface area contributed by atoms with Gasteiger partial charge < -0.3 is 9.47 Å². The van der Waals surface area contributed by atoms with Crippen molar-refractivity contribution in [3.05, 3.63) is 35.9 Å². The molecule has 2 atom stereocenters. The molecule has 76 valence electrons. The van der Waals surface area contributed by atoms with Gasteiger partial charge in [-0.3, -0.25) is 0 Å². The predicted molar refractivity (Wildman–Crippen MR) is 55.2 cm³/mol. The molecular formula is C12H16O2. The van der Waals surface area contributed by atoms with Crippen LogP contribution in [0.5, 0.6) is 0 Å². The lowest BCUT2D eigenvalue weighted by Gasteiger charge is -2.23. The molecular weight excluding hydrogens is 176 g/mol. The summed E-state index contributed by atoms with van der Waals surface area (Å²) >= 11 is 0. The Balaban J connectivity index is 2.19. The summed E-state index contributed by atoms with van der Waals surface area (Å²) in [5, 5.41) is 0. The number of methoxy groups -OCH3 is 1. The molecule has 0 spiro atoms. The van der Waals surface area contributed by atoms with Crippen LogP contribution in [0.4, 0.5) is 0 Å². The van der Waals surface area contributed by atoms with Crippen molar-refractivity contribution in [2.75, 3.05) is 13.7 Å². The van der Waals surface area contributed by atoms with Crippen LogP contribution in [0.25, 0.3) is 0 Å². The van der Waals surface area contributed by atoms with E-state index in [1.165, 1.54) is 5.56 Å². The van der Waals surface area contributed by atoms with Crippen molar-refractivity contribution in [1.29, 1.82) is 0 Å². The van der Waals surface area contributed by atoms with E-state index in [-0.39, 0.29) is 11.7 Å². The highest BCUT2D eigenvalue weighted by atomic mass is 16.6. The topological polar surface area (TPSA) is 18.5 Å². The van der Waals surface area contributed by atoms with Crippen LogP contribution in [0.1, 0.15) is 18.9 Å². The Hall–Kier alpha value is -0.860. The number of hydrogen-bond donors (Lipinski definition) is 0. The quantitative estimate of drug-likeness (QED) is 0.716. The fraction of sp³-hybridized carbons (Fsp3) is 0.500. The molecule has 0 N–H and O–H groups in total. The molecule has 0 bridgehead atoms. The Labute approximate surface area is 84.8 Å². The van der Waals surface area contributed by atoms with Gasteiger partial charge in [-0.15, -0.1) is 0 Å². The maximum atomic E-state index is 5.81. The highest BCUT2D eigenvalue weighted by molar-refractivity contribution is 5.23. The number of benzene rings is 1. The molecule has 2 heteroatoms. The van der Waals surface area contributed by atoms with Crippen molar-refractivity contribution >= 4 is 0 Å². The van der Waals surface area contributed by atoms with Crippen molar-refractivity contribution in [3.8, 4) is 0 Å². The molecule has 1 aliphatic heterocycles. The Morgan fingerprint density at radius 1 is 1.36 bits per heavy atom. The molecule has 0 aromatic heterocycles. The van der Waals surface area contributed by atoms with E-state index in [2.05, 4.69) is 19.1 Å². The lowest BCUT2D eigenvalue weighted by atomic mass is 9.92. The molecule has 0 aliphatic carbocycles. The standard InChI is InChI=1S/C12H16O2/c1-12(8-11(13-2)9-14-12)10-6-4-3-5-7-10/h3-7,11H,8-9H2,1-2H3. The van der Waals surface area contributed by atoms with E-state index in [0.29, 0.717) is 6.61 Å². The summed E-state index contributed by atoms with van der Waals surface area (Å²) in [5.74, 6) is 0. The third-order valence-electron chi connectivity index (χ3n) is 2.92. The van der Waals surface area contributed by atoms with Crippen LogP contribution in [0.2, 0.25) is 0 Å². The zero-order chi connectivity index (χ0) is 10.0. The van der Waals surface area contributed by atoms with E-state index < -0.39 is 0 Å². The zero-order valence-electron chi connectivity index (χ0n) is 8.69. The van der Waals surface area contributed by atoms with Crippen LogP contribution in [0.3, 0.4) is 0 Å². The molecule has 1 fully saturated rings. The van der Waals surface area contributed by atoms with E-state index in [4.69, 9.17) is 9.47 Å². The Kier molecular flexibility index (Phi) is 2.57. The van der Waals surface area contributed by atoms with Crippen LogP contribution in [0.15, 0.2) is 30.3 Å². The van der Waals surface area contributed by atoms with E-state index in [1.54, 1.807) is 7.11 Å². The second-order valence-corrected chi connectivity index (χ2v) is 3.97. The highest BCUT2D eigenvalue weighted by Crippen LogP contribution is 2.36. The largest absolute Gasteiger partial charge is 0.379 e. The molecule has 1 aromatic rings. The first-order valence-corrected chi connectivity index (χ1v) is 4.97. The first-order valence-electron chi connectivity index (χ1n) is 4.97. The molecule has 1 aliphatic rings. The molecule has 2 unspecified atom stereocenters. The second-order valence-electron chi connectivity index (χ2n) is 3.97. The first-order chi connectivity index (χ1) is 6.74. The van der Waals surface area contributed by atoms with Crippen molar-refractivity contribution in [2.45, 2.75) is 25.0 Å². The van der Waals surface area contributed by atoms with Gasteiger partial charge in [0.25, 0.3) is 0 Å². The molecule has 1 saturated heterocycles. The van der Waals surface area contributed by atoms with Gasteiger partial charge in [0.15, 0.2) is 0 Å². The number of ether oxygens (including phenoxy) is 2. The monoisotopic (exact) mass is 192 g/mol. The van der Waals surface area contributed by atoms with Crippen LogP contribution in [0, 0.1) is 0 Å². The summed E-state index contributed by atoms with van der Waals surface area (Å²) in [4.78, 5) is 0. The predicted octanol–water partition coefficient (Wildman–Crippen LogP) is 2.34. The molecule has 2 rings (SSSR count). The van der Waals surface area contributed by atoms with Crippen LogP contribution < -0.4 is 0 Å². The summed E-state index contributed by atoms with van der Waals surface area (Å²) in [5.41, 5.74) is 1.07. The molecule has 0 radical (unpaired) electrons. The SMILES string of the molecule is COC1COC(C)(c2ccccc2)C1. The summed E-state index contributed by atoms with van der Waals surface area (Å²) in [7, 11) is 1.74. The minimum atomic E-state index is -0.165. The summed E-state index contributed by atoms with van der Waals surface area (Å²) in [6.07, 6.45) is 1.17. The van der Waals surface area contributed by atoms with Gasteiger partial charge >= 0.3 is 0 Å². The second kappa shape index (κ2) is 3.71. The van der Waals surface area contributed by atoms with Crippen molar-refractivity contribution in [2.24, 2.45) is 0 Å². The average molecular weight is 192 g/mol. The molecule has 2 nitrogen and oxygen atoms in total. The third kappa shape index (κ3) is 1.68. The molecule has 14 heavy (non-hydrogen) atoms. The average Bonchev–Trinajstić information content (AvgIpc) is 2.63. The lowest BCUT2D eigenvalue weighted by Crippen LogP contribution is -2.20. The summed E-state index contributed by atoms with van der Waals surface area (Å²) < 4.78 is 11.1. The van der Waals surface area contributed by atoms with Crippen molar-refractivity contribution in [1.82, 2.24) is 0 Å². The van der Waals surface area contributed by atoms with Gasteiger partial charge in [0.2, 0.25) is 0 Å². The maximum Gasteiger partial charge on any atom is 0.0930 e. The van der Waals surface area contributed by atoms with E-state index >= 15 is 0 Å². The van der Waals surface area contributed by atoms with Gasteiger partial charge in [0, 0.05) is 13.5 Å². The normalized spacial score (nSPS) is 32.0. The number of rotatable bonds is 2. The van der Waals surface area contributed by atoms with E-state index in [1.807, 2.05) is 18.2 Å². The molecule has 1 heterocycles. The van der Waals surface area contributed by atoms with Crippen molar-refractivity contribution in [3.63, 3.8) is 0 Å². The van der Waals surface area contributed by atoms with Gasteiger partial charge in [-0.2, -0.15) is 0 Å². The minimum Gasteiger partial charge on any atom is -0.379 e. The first kappa shape index (κ1) is 9.69. The van der Waals surface area contributed by atoms with Gasteiger partial charge in [-0.05, 0) is 12.5 Å². The lowest BCUT2D eigenvalue weighted by molar-refractivity contribution is 0.00995. The fourth-order valence-corrected chi connectivity index (χ4v) is 1.97. The fourth-order valence-electron chi connectivity index (χ4n) is 1.97. The molecule has 1 aromatic carbocycles. The zero-order valence-corrected chi connectivity index (χ0v) is 8.69. The Morgan fingerprint density at radius 3 is 2.64 bits per heavy atom. The van der Waals surface area contributed by atoms with Gasteiger partial charge in [-0.1, -0.05) is 30.3 Å². The Bertz CT molecular complexity index is 296. The van der Waals surface area contributed by atoms with Crippen LogP contribution >= 0.6 is 0 Å². The minimum absolute atomic E-state index is 0.165. The van der Waals surface area contributed by atoms with E-state index in [0.717, 1.165) is 6.42 Å². The molecule has 0 saturated carbocycles. The summed E-state index contributed by atoms with van der Waals surface area (Å²) in [6, 6.07) is 10.3. The van der Waals surface area contributed by atoms with Crippen molar-refractivity contribution < 1.29 is 9.47 Å². The van der Waals surface area contributed by atoms with Gasteiger partial charge in [0.05, 0.1) is 18.3 Å².